The van der Waals surface area contributed by atoms with Crippen LogP contribution in [-0.2, 0) is 0 Å². The molecule has 0 atom stereocenters. The van der Waals surface area contributed by atoms with E-state index in [4.69, 9.17) is 69.6 Å². The number of hydrogen-bond donors (Lipinski definition) is 0. The molecule has 8 heteroatoms. The van der Waals surface area contributed by atoms with Gasteiger partial charge in [-0.2, -0.15) is 0 Å². The van der Waals surface area contributed by atoms with E-state index < -0.39 is 5.82 Å². The van der Waals surface area contributed by atoms with Crippen molar-refractivity contribution in [2.75, 3.05) is 0 Å². The largest absolute Gasteiger partial charge is 0.255 e. The number of rotatable bonds is 2. The van der Waals surface area contributed by atoms with Crippen molar-refractivity contribution in [1.29, 1.82) is 0 Å². The van der Waals surface area contributed by atoms with Gasteiger partial charge in [-0.25, -0.2) is 4.39 Å². The van der Waals surface area contributed by atoms with Crippen LogP contribution in [0.5, 0.6) is 0 Å². The van der Waals surface area contributed by atoms with Crippen LogP contribution < -0.4 is 0 Å². The summed E-state index contributed by atoms with van der Waals surface area (Å²) in [6, 6.07) is 7.25. The maximum Gasteiger partial charge on any atom is 0.134 e. The van der Waals surface area contributed by atoms with Gasteiger partial charge in [0.15, 0.2) is 0 Å². The summed E-state index contributed by atoms with van der Waals surface area (Å²) in [5.74, 6) is -0.572. The van der Waals surface area contributed by atoms with E-state index in [1.807, 2.05) is 0 Å². The van der Waals surface area contributed by atoms with E-state index >= 15 is 0 Å². The minimum absolute atomic E-state index is 0.155. The summed E-state index contributed by atoms with van der Waals surface area (Å²) >= 11 is 36.3. The predicted molar refractivity (Wildman–Crippen MR) is 105 cm³/mol. The number of benzene rings is 2. The first-order chi connectivity index (χ1) is 11.8. The van der Waals surface area contributed by atoms with Crippen LogP contribution in [0.15, 0.2) is 36.5 Å². The minimum Gasteiger partial charge on any atom is -0.255 e. The molecular formula is C17H6Cl6FN. The van der Waals surface area contributed by atoms with Crippen LogP contribution in [0.25, 0.3) is 22.4 Å². The molecule has 128 valence electrons. The summed E-state index contributed by atoms with van der Waals surface area (Å²) < 4.78 is 14.7. The molecule has 0 bridgehead atoms. The second-order valence-corrected chi connectivity index (χ2v) is 7.49. The highest BCUT2D eigenvalue weighted by Gasteiger charge is 2.17. The molecule has 3 rings (SSSR count). The summed E-state index contributed by atoms with van der Waals surface area (Å²) in [6.07, 6.45) is 1.32. The molecule has 0 saturated carbocycles. The Morgan fingerprint density at radius 3 is 1.72 bits per heavy atom. The van der Waals surface area contributed by atoms with Gasteiger partial charge >= 0.3 is 0 Å². The monoisotopic (exact) mass is 453 g/mol. The van der Waals surface area contributed by atoms with E-state index in [1.54, 1.807) is 6.07 Å². The SMILES string of the molecule is Fc1cc(-c2cc(Cl)cc(Cl)c2Cl)ncc1-c1cc(Cl)cc(Cl)c1Cl. The van der Waals surface area contributed by atoms with Crippen molar-refractivity contribution in [3.63, 3.8) is 0 Å². The van der Waals surface area contributed by atoms with Crippen LogP contribution in [0.2, 0.25) is 30.1 Å². The zero-order valence-corrected chi connectivity index (χ0v) is 16.6. The Hall–Kier alpha value is -0.740. The Balaban J connectivity index is 2.15. The van der Waals surface area contributed by atoms with Crippen molar-refractivity contribution in [2.45, 2.75) is 0 Å². The van der Waals surface area contributed by atoms with Crippen LogP contribution in [-0.4, -0.2) is 4.98 Å². The summed E-state index contributed by atoms with van der Waals surface area (Å²) in [6.45, 7) is 0. The van der Waals surface area contributed by atoms with Crippen molar-refractivity contribution in [3.05, 3.63) is 72.5 Å². The number of aromatic nitrogens is 1. The molecule has 1 nitrogen and oxygen atoms in total. The van der Waals surface area contributed by atoms with Gasteiger partial charge in [-0.05, 0) is 24.3 Å². The van der Waals surface area contributed by atoms with Gasteiger partial charge < -0.3 is 0 Å². The van der Waals surface area contributed by atoms with E-state index in [2.05, 4.69) is 4.98 Å². The fraction of sp³-hybridized carbons (Fsp3) is 0. The second-order valence-electron chi connectivity index (χ2n) is 5.05. The van der Waals surface area contributed by atoms with E-state index in [0.717, 1.165) is 0 Å². The molecule has 0 radical (unpaired) electrons. The van der Waals surface area contributed by atoms with Gasteiger partial charge in [0.25, 0.3) is 0 Å². The molecule has 0 aliphatic rings. The van der Waals surface area contributed by atoms with E-state index in [9.17, 15) is 4.39 Å². The molecule has 0 amide bonds. The van der Waals surface area contributed by atoms with Gasteiger partial charge in [-0.3, -0.25) is 4.98 Å². The van der Waals surface area contributed by atoms with E-state index in [0.29, 0.717) is 21.2 Å². The van der Waals surface area contributed by atoms with Crippen LogP contribution in [0, 0.1) is 5.82 Å². The highest BCUT2D eigenvalue weighted by molar-refractivity contribution is 6.45. The molecule has 1 aromatic heterocycles. The molecule has 0 fully saturated rings. The molecule has 2 aromatic carbocycles. The summed E-state index contributed by atoms with van der Waals surface area (Å²) in [4.78, 5) is 4.24. The van der Waals surface area contributed by atoms with Crippen molar-refractivity contribution < 1.29 is 4.39 Å². The average molecular weight is 456 g/mol. The first-order valence-electron chi connectivity index (χ1n) is 6.73. The van der Waals surface area contributed by atoms with Crippen molar-refractivity contribution in [2.24, 2.45) is 0 Å². The van der Waals surface area contributed by atoms with Gasteiger partial charge in [-0.15, -0.1) is 0 Å². The van der Waals surface area contributed by atoms with E-state index in [-0.39, 0.29) is 31.3 Å². The molecule has 0 spiro atoms. The van der Waals surface area contributed by atoms with Crippen LogP contribution in [0.4, 0.5) is 4.39 Å². The lowest BCUT2D eigenvalue weighted by atomic mass is 10.0. The average Bonchev–Trinajstić information content (AvgIpc) is 2.54. The summed E-state index contributed by atoms with van der Waals surface area (Å²) in [7, 11) is 0. The lowest BCUT2D eigenvalue weighted by molar-refractivity contribution is 0.630. The first-order valence-corrected chi connectivity index (χ1v) is 9.00. The van der Waals surface area contributed by atoms with Gasteiger partial charge in [0.05, 0.1) is 25.8 Å². The summed E-state index contributed by atoms with van der Waals surface area (Å²) in [5.41, 5.74) is 1.19. The zero-order valence-electron chi connectivity index (χ0n) is 12.1. The molecular weight excluding hydrogens is 450 g/mol. The maximum absolute atomic E-state index is 14.7. The first kappa shape index (κ1) is 19.0. The van der Waals surface area contributed by atoms with Gasteiger partial charge in [0, 0.05) is 39.0 Å². The number of nitrogens with zero attached hydrogens (tertiary/aromatic N) is 1. The molecule has 3 aromatic rings. The molecule has 0 unspecified atom stereocenters. The predicted octanol–water partition coefficient (Wildman–Crippen LogP) is 8.48. The lowest BCUT2D eigenvalue weighted by Gasteiger charge is -2.11. The van der Waals surface area contributed by atoms with Crippen LogP contribution >= 0.6 is 69.6 Å². The van der Waals surface area contributed by atoms with E-state index in [1.165, 1.54) is 30.5 Å². The second kappa shape index (κ2) is 7.48. The highest BCUT2D eigenvalue weighted by Crippen LogP contribution is 2.40. The Labute approximate surface area is 173 Å². The number of halogens is 7. The van der Waals surface area contributed by atoms with Crippen molar-refractivity contribution in [3.8, 4) is 22.4 Å². The third-order valence-corrected chi connectivity index (χ3v) is 5.45. The summed E-state index contributed by atoms with van der Waals surface area (Å²) in [5, 5.41) is 1.58. The van der Waals surface area contributed by atoms with Crippen LogP contribution in [0.1, 0.15) is 0 Å². The molecule has 25 heavy (non-hydrogen) atoms. The Morgan fingerprint density at radius 1 is 0.640 bits per heavy atom. The Kier molecular flexibility index (Phi) is 5.69. The fourth-order valence-corrected chi connectivity index (χ4v) is 3.67. The van der Waals surface area contributed by atoms with Crippen LogP contribution in [0.3, 0.4) is 0 Å². The highest BCUT2D eigenvalue weighted by atomic mass is 35.5. The minimum atomic E-state index is -0.572. The Morgan fingerprint density at radius 2 is 1.16 bits per heavy atom. The molecule has 0 N–H and O–H groups in total. The molecule has 0 aliphatic carbocycles. The molecule has 1 heterocycles. The van der Waals surface area contributed by atoms with Gasteiger partial charge in [0.1, 0.15) is 5.82 Å². The zero-order chi connectivity index (χ0) is 18.3. The number of hydrogen-bond acceptors (Lipinski definition) is 1. The number of pyridine rings is 1. The molecule has 0 aliphatic heterocycles. The molecule has 0 saturated heterocycles. The quantitative estimate of drug-likeness (QED) is 0.353. The van der Waals surface area contributed by atoms with Crippen molar-refractivity contribution in [1.82, 2.24) is 4.98 Å². The maximum atomic E-state index is 14.7. The van der Waals surface area contributed by atoms with Crippen molar-refractivity contribution >= 4 is 69.6 Å². The Bertz CT molecular complexity index is 989. The van der Waals surface area contributed by atoms with Gasteiger partial charge in [-0.1, -0.05) is 69.6 Å². The standard InChI is InChI=1S/C17H6Cl6FN/c18-7-1-9(16(22)12(20)3-7)11-6-25-15(5-14(11)24)10-2-8(19)4-13(21)17(10)23/h1-6H. The lowest BCUT2D eigenvalue weighted by Crippen LogP contribution is -1.93. The third kappa shape index (κ3) is 3.85. The smallest absolute Gasteiger partial charge is 0.134 e. The third-order valence-electron chi connectivity index (χ3n) is 3.41. The topological polar surface area (TPSA) is 12.9 Å². The van der Waals surface area contributed by atoms with Gasteiger partial charge in [0.2, 0.25) is 0 Å². The normalized spacial score (nSPS) is 11.0. The fourth-order valence-electron chi connectivity index (χ4n) is 2.27.